The first-order valence-corrected chi connectivity index (χ1v) is 13.3. The van der Waals surface area contributed by atoms with Crippen LogP contribution in [0.2, 0.25) is 0 Å². The normalized spacial score (nSPS) is 13.0. The van der Waals surface area contributed by atoms with E-state index in [0.29, 0.717) is 25.9 Å². The molecule has 0 unspecified atom stereocenters. The number of benzene rings is 1. The van der Waals surface area contributed by atoms with Gasteiger partial charge in [0, 0.05) is 22.9 Å². The molecular formula is C24H20N4O2S3. The fourth-order valence-electron chi connectivity index (χ4n) is 4.08. The van der Waals surface area contributed by atoms with Crippen molar-refractivity contribution in [3.05, 3.63) is 62.1 Å². The number of hydrogen-bond donors (Lipinski definition) is 1. The third-order valence-corrected chi connectivity index (χ3v) is 8.84. The maximum atomic E-state index is 13.1. The van der Waals surface area contributed by atoms with Crippen molar-refractivity contribution in [1.82, 2.24) is 9.55 Å². The number of hydrogen-bond acceptors (Lipinski definition) is 7. The van der Waals surface area contributed by atoms with Crippen LogP contribution in [0.4, 0.5) is 5.00 Å². The molecule has 0 saturated carbocycles. The van der Waals surface area contributed by atoms with Crippen LogP contribution < -0.4 is 10.9 Å². The van der Waals surface area contributed by atoms with Crippen molar-refractivity contribution >= 4 is 55.6 Å². The molecule has 9 heteroatoms. The summed E-state index contributed by atoms with van der Waals surface area (Å²) in [6.07, 6.45) is 4.07. The molecule has 4 aromatic rings. The van der Waals surface area contributed by atoms with Crippen LogP contribution in [0, 0.1) is 11.3 Å². The molecule has 166 valence electrons. The van der Waals surface area contributed by atoms with Crippen LogP contribution in [0.5, 0.6) is 0 Å². The summed E-state index contributed by atoms with van der Waals surface area (Å²) in [7, 11) is 1.68. The second-order valence-electron chi connectivity index (χ2n) is 7.82. The molecule has 0 fully saturated rings. The van der Waals surface area contributed by atoms with Gasteiger partial charge in [0.25, 0.3) is 5.56 Å². The maximum absolute atomic E-state index is 13.1. The smallest absolute Gasteiger partial charge is 0.263 e. The third kappa shape index (κ3) is 4.10. The molecule has 1 N–H and O–H groups in total. The zero-order valence-electron chi connectivity index (χ0n) is 17.9. The zero-order valence-corrected chi connectivity index (χ0v) is 20.3. The minimum atomic E-state index is -0.208. The number of nitrogens with one attached hydrogen (secondary N) is 1. The van der Waals surface area contributed by atoms with Gasteiger partial charge in [-0.3, -0.25) is 14.2 Å². The molecule has 1 amide bonds. The Morgan fingerprint density at radius 3 is 2.85 bits per heavy atom. The highest BCUT2D eigenvalue weighted by molar-refractivity contribution is 7.99. The summed E-state index contributed by atoms with van der Waals surface area (Å²) < 4.78 is 1.50. The van der Waals surface area contributed by atoms with Gasteiger partial charge in [-0.15, -0.1) is 22.7 Å². The molecule has 0 radical (unpaired) electrons. The Kier molecular flexibility index (Phi) is 6.06. The van der Waals surface area contributed by atoms with Gasteiger partial charge in [0.15, 0.2) is 5.16 Å². The molecule has 0 saturated heterocycles. The first kappa shape index (κ1) is 21.9. The number of nitriles is 1. The summed E-state index contributed by atoms with van der Waals surface area (Å²) in [5, 5.41) is 16.2. The predicted octanol–water partition coefficient (Wildman–Crippen LogP) is 5.20. The van der Waals surface area contributed by atoms with Crippen LogP contribution in [0.1, 0.15) is 28.8 Å². The first-order chi connectivity index (χ1) is 16.1. The molecule has 6 nitrogen and oxygen atoms in total. The molecule has 1 aromatic carbocycles. The van der Waals surface area contributed by atoms with Crippen molar-refractivity contribution in [2.75, 3.05) is 11.1 Å². The largest absolute Gasteiger partial charge is 0.316 e. The highest BCUT2D eigenvalue weighted by Gasteiger charge is 2.22. The topological polar surface area (TPSA) is 87.8 Å². The number of anilines is 1. The van der Waals surface area contributed by atoms with Gasteiger partial charge in [0.1, 0.15) is 15.9 Å². The van der Waals surface area contributed by atoms with Crippen LogP contribution >= 0.6 is 34.4 Å². The van der Waals surface area contributed by atoms with Crippen molar-refractivity contribution in [1.29, 1.82) is 5.26 Å². The Morgan fingerprint density at radius 2 is 2.06 bits per heavy atom. The van der Waals surface area contributed by atoms with E-state index in [4.69, 9.17) is 0 Å². The highest BCUT2D eigenvalue weighted by atomic mass is 32.2. The van der Waals surface area contributed by atoms with E-state index < -0.39 is 0 Å². The number of thiophene rings is 2. The number of aryl methyl sites for hydroxylation is 1. The SMILES string of the molecule is Cn1c(SCC(=O)Nc2sc3c(c2C#N)CCCC3)nc2scc(-c3ccccc3)c2c1=O. The number of aromatic nitrogens is 2. The van der Waals surface area contributed by atoms with Gasteiger partial charge in [-0.2, -0.15) is 5.26 Å². The van der Waals surface area contributed by atoms with Crippen LogP contribution in [0.25, 0.3) is 21.3 Å². The van der Waals surface area contributed by atoms with Gasteiger partial charge in [-0.25, -0.2) is 4.98 Å². The Morgan fingerprint density at radius 1 is 1.27 bits per heavy atom. The van der Waals surface area contributed by atoms with E-state index in [-0.39, 0.29) is 17.2 Å². The molecule has 0 aliphatic heterocycles. The second-order valence-corrected chi connectivity index (χ2v) is 10.7. The van der Waals surface area contributed by atoms with E-state index in [1.165, 1.54) is 43.9 Å². The molecule has 0 spiro atoms. The van der Waals surface area contributed by atoms with Gasteiger partial charge in [-0.05, 0) is 36.8 Å². The summed E-state index contributed by atoms with van der Waals surface area (Å²) in [6.45, 7) is 0. The van der Waals surface area contributed by atoms with Crippen molar-refractivity contribution in [3.8, 4) is 17.2 Å². The number of fused-ring (bicyclic) bond motifs is 2. The Hall–Kier alpha value is -2.93. The third-order valence-electron chi connectivity index (χ3n) is 5.73. The molecule has 0 atom stereocenters. The summed E-state index contributed by atoms with van der Waals surface area (Å²) in [6, 6.07) is 12.1. The van der Waals surface area contributed by atoms with Crippen molar-refractivity contribution in [3.63, 3.8) is 0 Å². The van der Waals surface area contributed by atoms with Crippen LogP contribution in [0.15, 0.2) is 45.7 Å². The van der Waals surface area contributed by atoms with Gasteiger partial charge in [0.2, 0.25) is 5.91 Å². The van der Waals surface area contributed by atoms with Gasteiger partial charge in [0.05, 0.1) is 16.7 Å². The van der Waals surface area contributed by atoms with E-state index in [1.54, 1.807) is 7.05 Å². The molecule has 0 bridgehead atoms. The molecule has 3 heterocycles. The standard InChI is InChI=1S/C24H20N4O2S3/c1-28-23(30)20-17(14-7-3-2-4-8-14)12-31-22(20)27-24(28)32-13-19(29)26-21-16(11-25)15-9-5-6-10-18(15)33-21/h2-4,7-8,12H,5-6,9-10,13H2,1H3,(H,26,29). The van der Waals surface area contributed by atoms with Crippen molar-refractivity contribution < 1.29 is 4.79 Å². The van der Waals surface area contributed by atoms with Crippen molar-refractivity contribution in [2.45, 2.75) is 30.8 Å². The van der Waals surface area contributed by atoms with Gasteiger partial charge >= 0.3 is 0 Å². The monoisotopic (exact) mass is 492 g/mol. The van der Waals surface area contributed by atoms with E-state index in [2.05, 4.69) is 16.4 Å². The van der Waals surface area contributed by atoms with Crippen molar-refractivity contribution in [2.24, 2.45) is 7.05 Å². The Labute approximate surface area is 202 Å². The molecule has 3 aromatic heterocycles. The lowest BCUT2D eigenvalue weighted by Crippen LogP contribution is -2.21. The Balaban J connectivity index is 1.36. The molecular weight excluding hydrogens is 472 g/mol. The lowest BCUT2D eigenvalue weighted by atomic mass is 9.96. The van der Waals surface area contributed by atoms with E-state index in [1.807, 2.05) is 35.7 Å². The molecule has 33 heavy (non-hydrogen) atoms. The highest BCUT2D eigenvalue weighted by Crippen LogP contribution is 2.38. The number of thioether (sulfide) groups is 1. The van der Waals surface area contributed by atoms with E-state index in [9.17, 15) is 14.9 Å². The fourth-order valence-corrected chi connectivity index (χ4v) is 7.09. The minimum Gasteiger partial charge on any atom is -0.316 e. The second kappa shape index (κ2) is 9.14. The average molecular weight is 493 g/mol. The Bertz CT molecular complexity index is 1460. The number of carbonyl (C=O) groups excluding carboxylic acids is 1. The molecule has 1 aliphatic carbocycles. The number of carbonyl (C=O) groups is 1. The minimum absolute atomic E-state index is 0.107. The van der Waals surface area contributed by atoms with Gasteiger partial charge in [-0.1, -0.05) is 42.1 Å². The lowest BCUT2D eigenvalue weighted by Gasteiger charge is -2.09. The quantitative estimate of drug-likeness (QED) is 0.305. The van der Waals surface area contributed by atoms with E-state index in [0.717, 1.165) is 42.4 Å². The van der Waals surface area contributed by atoms with Crippen LogP contribution in [0.3, 0.4) is 0 Å². The first-order valence-electron chi connectivity index (χ1n) is 10.6. The van der Waals surface area contributed by atoms with E-state index >= 15 is 0 Å². The summed E-state index contributed by atoms with van der Waals surface area (Å²) in [4.78, 5) is 32.3. The summed E-state index contributed by atoms with van der Waals surface area (Å²) in [5.41, 5.74) is 3.43. The molecule has 5 rings (SSSR count). The van der Waals surface area contributed by atoms with Crippen LogP contribution in [-0.2, 0) is 24.7 Å². The fraction of sp³-hybridized carbons (Fsp3) is 0.250. The average Bonchev–Trinajstić information content (AvgIpc) is 3.42. The van der Waals surface area contributed by atoms with Crippen LogP contribution in [-0.4, -0.2) is 21.2 Å². The summed E-state index contributed by atoms with van der Waals surface area (Å²) >= 11 is 4.17. The zero-order chi connectivity index (χ0) is 22.9. The maximum Gasteiger partial charge on any atom is 0.263 e. The predicted molar refractivity (Wildman–Crippen MR) is 135 cm³/mol. The summed E-state index contributed by atoms with van der Waals surface area (Å²) in [5.74, 6) is -0.100. The van der Waals surface area contributed by atoms with Gasteiger partial charge < -0.3 is 5.32 Å². The lowest BCUT2D eigenvalue weighted by molar-refractivity contribution is -0.113. The number of nitrogens with zero attached hydrogens (tertiary/aromatic N) is 3. The number of amides is 1. The molecule has 1 aliphatic rings. The number of rotatable bonds is 5.